The van der Waals surface area contributed by atoms with Crippen LogP contribution in [0.2, 0.25) is 0 Å². The second kappa shape index (κ2) is 5.88. The van der Waals surface area contributed by atoms with Crippen LogP contribution >= 0.6 is 0 Å². The number of carbonyl (C=O) groups is 1. The number of hydrogen-bond donors (Lipinski definition) is 2. The highest BCUT2D eigenvalue weighted by molar-refractivity contribution is 5.98. The molecule has 0 spiro atoms. The third kappa shape index (κ3) is 2.89. The van der Waals surface area contributed by atoms with Gasteiger partial charge in [0.05, 0.1) is 0 Å². The Labute approximate surface area is 119 Å². The van der Waals surface area contributed by atoms with E-state index in [0.717, 1.165) is 23.2 Å². The van der Waals surface area contributed by atoms with Gasteiger partial charge in [-0.05, 0) is 30.5 Å². The monoisotopic (exact) mass is 268 g/mol. The van der Waals surface area contributed by atoms with Crippen molar-refractivity contribution >= 4 is 11.6 Å². The van der Waals surface area contributed by atoms with Crippen LogP contribution in [0.3, 0.4) is 0 Å². The van der Waals surface area contributed by atoms with Crippen molar-refractivity contribution in [3.8, 4) is 0 Å². The first-order valence-corrected chi connectivity index (χ1v) is 6.79. The Morgan fingerprint density at radius 2 is 1.70 bits per heavy atom. The summed E-state index contributed by atoms with van der Waals surface area (Å²) >= 11 is 0. The van der Waals surface area contributed by atoms with Crippen molar-refractivity contribution in [3.05, 3.63) is 65.7 Å². The Bertz CT molecular complexity index is 591. The summed E-state index contributed by atoms with van der Waals surface area (Å²) in [5.41, 5.74) is 7.88. The van der Waals surface area contributed by atoms with E-state index < -0.39 is 5.54 Å². The SMILES string of the molecule is CCc1ccccc1NC(=O)C(C)(N)c1ccccc1. The molecule has 3 nitrogen and oxygen atoms in total. The van der Waals surface area contributed by atoms with Crippen molar-refractivity contribution in [2.75, 3.05) is 5.32 Å². The second-order valence-electron chi connectivity index (χ2n) is 5.03. The Hall–Kier alpha value is -2.13. The number of nitrogens with one attached hydrogen (secondary N) is 1. The standard InChI is InChI=1S/C17H20N2O/c1-3-13-9-7-8-12-15(13)19-16(20)17(2,18)14-10-5-4-6-11-14/h4-12H,3,18H2,1-2H3,(H,19,20). The van der Waals surface area contributed by atoms with E-state index in [-0.39, 0.29) is 5.91 Å². The maximum Gasteiger partial charge on any atom is 0.248 e. The van der Waals surface area contributed by atoms with Gasteiger partial charge in [0.1, 0.15) is 5.54 Å². The van der Waals surface area contributed by atoms with Gasteiger partial charge in [-0.2, -0.15) is 0 Å². The topological polar surface area (TPSA) is 55.1 Å². The minimum atomic E-state index is -1.05. The number of anilines is 1. The summed E-state index contributed by atoms with van der Waals surface area (Å²) in [4.78, 5) is 12.5. The number of carbonyl (C=O) groups excluding carboxylic acids is 1. The van der Waals surface area contributed by atoms with Gasteiger partial charge in [-0.15, -0.1) is 0 Å². The molecular formula is C17H20N2O. The summed E-state index contributed by atoms with van der Waals surface area (Å²) in [6.45, 7) is 3.79. The molecule has 3 N–H and O–H groups in total. The summed E-state index contributed by atoms with van der Waals surface area (Å²) < 4.78 is 0. The molecule has 0 bridgehead atoms. The first-order valence-electron chi connectivity index (χ1n) is 6.79. The van der Waals surface area contributed by atoms with E-state index >= 15 is 0 Å². The molecule has 0 aromatic heterocycles. The zero-order chi connectivity index (χ0) is 14.6. The number of para-hydroxylation sites is 1. The Morgan fingerprint density at radius 1 is 1.10 bits per heavy atom. The lowest BCUT2D eigenvalue weighted by Gasteiger charge is -2.24. The predicted molar refractivity (Wildman–Crippen MR) is 82.4 cm³/mol. The quantitative estimate of drug-likeness (QED) is 0.895. The zero-order valence-electron chi connectivity index (χ0n) is 11.9. The fourth-order valence-corrected chi connectivity index (χ4v) is 2.12. The van der Waals surface area contributed by atoms with Crippen LogP contribution in [0, 0.1) is 0 Å². The highest BCUT2D eigenvalue weighted by Crippen LogP contribution is 2.22. The Balaban J connectivity index is 2.24. The molecule has 1 unspecified atom stereocenters. The van der Waals surface area contributed by atoms with Crippen LogP contribution in [0.15, 0.2) is 54.6 Å². The van der Waals surface area contributed by atoms with Gasteiger partial charge < -0.3 is 11.1 Å². The average Bonchev–Trinajstić information content (AvgIpc) is 2.48. The first kappa shape index (κ1) is 14.3. The largest absolute Gasteiger partial charge is 0.324 e. The lowest BCUT2D eigenvalue weighted by atomic mass is 9.92. The number of nitrogens with two attached hydrogens (primary N) is 1. The van der Waals surface area contributed by atoms with Crippen LogP contribution in [-0.2, 0) is 16.8 Å². The molecule has 1 atom stereocenters. The number of aryl methyl sites for hydroxylation is 1. The van der Waals surface area contributed by atoms with E-state index in [1.54, 1.807) is 6.92 Å². The number of hydrogen-bond acceptors (Lipinski definition) is 2. The molecule has 0 saturated carbocycles. The van der Waals surface area contributed by atoms with Crippen LogP contribution in [0.1, 0.15) is 25.0 Å². The molecule has 0 fully saturated rings. The molecule has 0 heterocycles. The van der Waals surface area contributed by atoms with E-state index in [0.29, 0.717) is 0 Å². The summed E-state index contributed by atoms with van der Waals surface area (Å²) in [6.07, 6.45) is 0.864. The third-order valence-electron chi connectivity index (χ3n) is 3.49. The molecule has 2 aromatic rings. The lowest BCUT2D eigenvalue weighted by Crippen LogP contribution is -2.45. The molecule has 2 rings (SSSR count). The molecular weight excluding hydrogens is 248 g/mol. The van der Waals surface area contributed by atoms with Gasteiger partial charge in [0.25, 0.3) is 0 Å². The van der Waals surface area contributed by atoms with Gasteiger partial charge in [0, 0.05) is 5.69 Å². The first-order chi connectivity index (χ1) is 9.55. The highest BCUT2D eigenvalue weighted by Gasteiger charge is 2.30. The van der Waals surface area contributed by atoms with Crippen molar-refractivity contribution in [2.24, 2.45) is 5.73 Å². The fraction of sp³-hybridized carbons (Fsp3) is 0.235. The van der Waals surface area contributed by atoms with Crippen LogP contribution in [0.25, 0.3) is 0 Å². The van der Waals surface area contributed by atoms with Crippen molar-refractivity contribution in [3.63, 3.8) is 0 Å². The molecule has 0 aliphatic rings. The van der Waals surface area contributed by atoms with E-state index in [1.165, 1.54) is 0 Å². The van der Waals surface area contributed by atoms with Gasteiger partial charge in [-0.25, -0.2) is 0 Å². The second-order valence-corrected chi connectivity index (χ2v) is 5.03. The normalized spacial score (nSPS) is 13.6. The number of amides is 1. The molecule has 3 heteroatoms. The van der Waals surface area contributed by atoms with Crippen molar-refractivity contribution < 1.29 is 4.79 Å². The van der Waals surface area contributed by atoms with Crippen LogP contribution in [0.5, 0.6) is 0 Å². The summed E-state index contributed by atoms with van der Waals surface area (Å²) in [5.74, 6) is -0.204. The lowest BCUT2D eigenvalue weighted by molar-refractivity contribution is -0.120. The van der Waals surface area contributed by atoms with E-state index in [4.69, 9.17) is 5.73 Å². The van der Waals surface area contributed by atoms with Gasteiger partial charge in [-0.3, -0.25) is 4.79 Å². The molecule has 1 amide bonds. The molecule has 2 aromatic carbocycles. The van der Waals surface area contributed by atoms with Gasteiger partial charge in [-0.1, -0.05) is 55.5 Å². The third-order valence-corrected chi connectivity index (χ3v) is 3.49. The summed E-state index contributed by atoms with van der Waals surface area (Å²) in [6, 6.07) is 17.2. The molecule has 0 radical (unpaired) electrons. The molecule has 104 valence electrons. The van der Waals surface area contributed by atoms with E-state index in [2.05, 4.69) is 12.2 Å². The minimum absolute atomic E-state index is 0.204. The van der Waals surface area contributed by atoms with Crippen molar-refractivity contribution in [1.82, 2.24) is 0 Å². The van der Waals surface area contributed by atoms with Crippen LogP contribution < -0.4 is 11.1 Å². The molecule has 0 aliphatic carbocycles. The van der Waals surface area contributed by atoms with E-state index in [9.17, 15) is 4.79 Å². The fourth-order valence-electron chi connectivity index (χ4n) is 2.12. The molecule has 0 saturated heterocycles. The molecule has 0 aliphatic heterocycles. The van der Waals surface area contributed by atoms with E-state index in [1.807, 2.05) is 54.6 Å². The van der Waals surface area contributed by atoms with Gasteiger partial charge in [0.2, 0.25) is 5.91 Å². The van der Waals surface area contributed by atoms with Gasteiger partial charge >= 0.3 is 0 Å². The predicted octanol–water partition coefficient (Wildman–Crippen LogP) is 3.06. The highest BCUT2D eigenvalue weighted by atomic mass is 16.2. The van der Waals surface area contributed by atoms with Crippen molar-refractivity contribution in [2.45, 2.75) is 25.8 Å². The molecule has 20 heavy (non-hydrogen) atoms. The number of rotatable bonds is 4. The Kier molecular flexibility index (Phi) is 4.20. The smallest absolute Gasteiger partial charge is 0.248 e. The van der Waals surface area contributed by atoms with Gasteiger partial charge in [0.15, 0.2) is 0 Å². The summed E-state index contributed by atoms with van der Waals surface area (Å²) in [7, 11) is 0. The summed E-state index contributed by atoms with van der Waals surface area (Å²) in [5, 5.41) is 2.94. The maximum atomic E-state index is 12.5. The number of benzene rings is 2. The minimum Gasteiger partial charge on any atom is -0.324 e. The van der Waals surface area contributed by atoms with Crippen molar-refractivity contribution in [1.29, 1.82) is 0 Å². The zero-order valence-corrected chi connectivity index (χ0v) is 11.9. The van der Waals surface area contributed by atoms with Crippen LogP contribution in [-0.4, -0.2) is 5.91 Å². The Morgan fingerprint density at radius 3 is 2.35 bits per heavy atom. The van der Waals surface area contributed by atoms with Crippen LogP contribution in [0.4, 0.5) is 5.69 Å². The average molecular weight is 268 g/mol. The maximum absolute atomic E-state index is 12.5.